The molecule has 0 radical (unpaired) electrons. The van der Waals surface area contributed by atoms with Gasteiger partial charge in [0.05, 0.1) is 0 Å². The molecule has 0 aromatic heterocycles. The van der Waals surface area contributed by atoms with Crippen LogP contribution in [0.3, 0.4) is 0 Å². The fraction of sp³-hybridized carbons (Fsp3) is 0. The molecule has 0 aliphatic heterocycles. The molecule has 4 aromatic carbocycles. The number of hydrogen-bond donors (Lipinski definition) is 0. The van der Waals surface area contributed by atoms with Crippen molar-refractivity contribution in [2.24, 2.45) is 0 Å². The molecule has 0 atom stereocenters. The topological polar surface area (TPSA) is 0 Å². The molecular weight excluding hydrogens is 528 g/mol. The third-order valence-electron chi connectivity index (χ3n) is 4.56. The van der Waals surface area contributed by atoms with Crippen LogP contribution < -0.4 is 9.37 Å². The second kappa shape index (κ2) is 8.23. The van der Waals surface area contributed by atoms with Gasteiger partial charge in [0, 0.05) is 0 Å². The summed E-state index contributed by atoms with van der Waals surface area (Å²) in [5, 5.41) is 0. The van der Waals surface area contributed by atoms with Gasteiger partial charge in [-0.1, -0.05) is 0 Å². The molecule has 126 valence electrons. The van der Waals surface area contributed by atoms with Crippen molar-refractivity contribution < 1.29 is 0 Å². The number of hydrogen-bond acceptors (Lipinski definition) is 1. The van der Waals surface area contributed by atoms with Crippen LogP contribution in [0.5, 0.6) is 0 Å². The van der Waals surface area contributed by atoms with Crippen molar-refractivity contribution in [2.45, 2.75) is 4.90 Å². The zero-order chi connectivity index (χ0) is 17.7. The van der Waals surface area contributed by atoms with E-state index < -0.39 is 19.7 Å². The molecule has 4 aromatic rings. The summed E-state index contributed by atoms with van der Waals surface area (Å²) in [5.41, 5.74) is 0. The molecule has 0 N–H and O–H groups in total. The third-order valence-corrected chi connectivity index (χ3v) is 31.3. The van der Waals surface area contributed by atoms with Crippen molar-refractivity contribution in [3.63, 3.8) is 0 Å². The zero-order valence-corrected chi connectivity index (χ0v) is 19.2. The minimum atomic E-state index is -3.42. The van der Waals surface area contributed by atoms with E-state index >= 15 is 0 Å². The summed E-state index contributed by atoms with van der Waals surface area (Å²) < 4.78 is 4.52. The third kappa shape index (κ3) is 3.51. The summed E-state index contributed by atoms with van der Waals surface area (Å²) in [7, 11) is 2.12. The van der Waals surface area contributed by atoms with Gasteiger partial charge in [-0.15, -0.1) is 0 Å². The quantitative estimate of drug-likeness (QED) is 0.333. The Labute approximate surface area is 162 Å². The summed E-state index contributed by atoms with van der Waals surface area (Å²) in [6.45, 7) is 0. The van der Waals surface area contributed by atoms with E-state index in [-0.39, 0.29) is 0 Å². The Bertz CT molecular complexity index is 842. The molecule has 0 fully saturated rings. The van der Waals surface area contributed by atoms with Crippen LogP contribution in [-0.4, -0.2) is 19.7 Å². The molecule has 2 heteroatoms. The summed E-state index contributed by atoms with van der Waals surface area (Å²) in [6.07, 6.45) is 0. The standard InChI is InChI=1S/C6H6S.3C6H5.Pb/c7-6-4-2-1-3-5-6;3*1-2-4-6-5-3-1;/h1-5,7H;3*1-5H;/q;;;;+1/p-1. The first-order chi connectivity index (χ1) is 12.9. The van der Waals surface area contributed by atoms with Gasteiger partial charge in [0.2, 0.25) is 0 Å². The van der Waals surface area contributed by atoms with Gasteiger partial charge in [-0.3, -0.25) is 0 Å². The Morgan fingerprint density at radius 1 is 0.385 bits per heavy atom. The fourth-order valence-electron chi connectivity index (χ4n) is 3.36. The van der Waals surface area contributed by atoms with Crippen molar-refractivity contribution in [1.82, 2.24) is 0 Å². The van der Waals surface area contributed by atoms with Gasteiger partial charge in [-0.05, 0) is 0 Å². The van der Waals surface area contributed by atoms with Gasteiger partial charge in [0.25, 0.3) is 0 Å². The summed E-state index contributed by atoms with van der Waals surface area (Å²) in [4.78, 5) is 1.35. The van der Waals surface area contributed by atoms with E-state index in [4.69, 9.17) is 0 Å². The van der Waals surface area contributed by atoms with E-state index in [9.17, 15) is 0 Å². The van der Waals surface area contributed by atoms with E-state index in [1.807, 2.05) is 0 Å². The van der Waals surface area contributed by atoms with Crippen molar-refractivity contribution >= 4 is 37.4 Å². The fourth-order valence-corrected chi connectivity index (χ4v) is 29.4. The van der Waals surface area contributed by atoms with E-state index in [1.54, 1.807) is 0 Å². The molecule has 0 bridgehead atoms. The molecule has 0 aliphatic carbocycles. The van der Waals surface area contributed by atoms with Crippen molar-refractivity contribution in [3.8, 4) is 0 Å². The van der Waals surface area contributed by atoms with Crippen LogP contribution in [-0.2, 0) is 0 Å². The Kier molecular flexibility index (Phi) is 5.56. The van der Waals surface area contributed by atoms with Crippen LogP contribution in [0.15, 0.2) is 126 Å². The first-order valence-corrected chi connectivity index (χ1v) is 20.2. The van der Waals surface area contributed by atoms with Crippen LogP contribution in [0, 0.1) is 0 Å². The zero-order valence-electron chi connectivity index (χ0n) is 14.5. The average molecular weight is 548 g/mol. The molecule has 0 saturated carbocycles. The molecule has 0 spiro atoms. The summed E-state index contributed by atoms with van der Waals surface area (Å²) in [6, 6.07) is 44.3. The second-order valence-corrected chi connectivity index (χ2v) is 26.7. The molecule has 4 rings (SSSR count). The van der Waals surface area contributed by atoms with Gasteiger partial charge < -0.3 is 0 Å². The monoisotopic (exact) mass is 548 g/mol. The number of benzene rings is 4. The maximum absolute atomic E-state index is 3.42. The SMILES string of the molecule is c1ccc([S][Pb]([c]2ccccc2)([c]2ccccc2)[c]2ccccc2)cc1. The van der Waals surface area contributed by atoms with Crippen LogP contribution in [0.25, 0.3) is 0 Å². The summed E-state index contributed by atoms with van der Waals surface area (Å²) in [5.74, 6) is 0. The average Bonchev–Trinajstić information content (AvgIpc) is 2.75. The molecule has 0 unspecified atom stereocenters. The van der Waals surface area contributed by atoms with E-state index in [1.165, 1.54) is 14.3 Å². The Hall–Kier alpha value is -1.85. The van der Waals surface area contributed by atoms with Crippen LogP contribution in [0.4, 0.5) is 0 Å². The van der Waals surface area contributed by atoms with E-state index in [0.29, 0.717) is 0 Å². The van der Waals surface area contributed by atoms with Crippen molar-refractivity contribution in [1.29, 1.82) is 0 Å². The van der Waals surface area contributed by atoms with Crippen LogP contribution >= 0.6 is 8.31 Å². The molecule has 0 aliphatic rings. The van der Waals surface area contributed by atoms with Gasteiger partial charge >= 0.3 is 164 Å². The van der Waals surface area contributed by atoms with Gasteiger partial charge in [-0.2, -0.15) is 0 Å². The summed E-state index contributed by atoms with van der Waals surface area (Å²) >= 11 is -3.42. The van der Waals surface area contributed by atoms with Crippen molar-refractivity contribution in [2.75, 3.05) is 0 Å². The number of rotatable bonds is 5. The van der Waals surface area contributed by atoms with Crippen LogP contribution in [0.2, 0.25) is 0 Å². The molecule has 0 saturated heterocycles. The molecule has 0 heterocycles. The van der Waals surface area contributed by atoms with E-state index in [2.05, 4.69) is 130 Å². The normalized spacial score (nSPS) is 11.2. The first-order valence-electron chi connectivity index (χ1n) is 8.80. The van der Waals surface area contributed by atoms with Gasteiger partial charge in [0.1, 0.15) is 0 Å². The minimum absolute atomic E-state index is 1.35. The van der Waals surface area contributed by atoms with Crippen LogP contribution in [0.1, 0.15) is 0 Å². The Morgan fingerprint density at radius 3 is 1.04 bits per heavy atom. The maximum atomic E-state index is 2.33. The van der Waals surface area contributed by atoms with Gasteiger partial charge in [0.15, 0.2) is 0 Å². The Morgan fingerprint density at radius 2 is 0.692 bits per heavy atom. The molecule has 26 heavy (non-hydrogen) atoms. The van der Waals surface area contributed by atoms with E-state index in [0.717, 1.165) is 0 Å². The second-order valence-electron chi connectivity index (χ2n) is 6.19. The van der Waals surface area contributed by atoms with Crippen molar-refractivity contribution in [3.05, 3.63) is 121 Å². The predicted molar refractivity (Wildman–Crippen MR) is 116 cm³/mol. The predicted octanol–water partition coefficient (Wildman–Crippen LogP) is 4.45. The van der Waals surface area contributed by atoms with Gasteiger partial charge in [-0.25, -0.2) is 0 Å². The molecule has 0 amide bonds. The Balaban J connectivity index is 2.00. The molecule has 0 nitrogen and oxygen atoms in total. The first kappa shape index (κ1) is 17.6. The molecular formula is C24H20PbS.